The zero-order valence-electron chi connectivity index (χ0n) is 8.88. The molecule has 6 heteroatoms. The molecule has 0 amide bonds. The van der Waals surface area contributed by atoms with Gasteiger partial charge in [0.05, 0.1) is 12.2 Å². The predicted molar refractivity (Wildman–Crippen MR) is 54.1 cm³/mol. The summed E-state index contributed by atoms with van der Waals surface area (Å²) in [5.74, 6) is -1.44. The van der Waals surface area contributed by atoms with Gasteiger partial charge in [-0.1, -0.05) is 6.58 Å². The molecule has 0 saturated heterocycles. The van der Waals surface area contributed by atoms with Crippen LogP contribution in [0, 0.1) is 0 Å². The number of esters is 2. The van der Waals surface area contributed by atoms with Crippen LogP contribution in [0.2, 0.25) is 0 Å². The third kappa shape index (κ3) is 5.94. The molecule has 0 saturated carbocycles. The van der Waals surface area contributed by atoms with E-state index in [0.29, 0.717) is 0 Å². The first kappa shape index (κ1) is 14.3. The average Bonchev–Trinajstić information content (AvgIpc) is 2.31. The largest absolute Gasteiger partial charge is 0.459 e. The number of ether oxygens (including phenoxy) is 2. The van der Waals surface area contributed by atoms with Gasteiger partial charge >= 0.3 is 11.9 Å². The summed E-state index contributed by atoms with van der Waals surface area (Å²) in [5.41, 5.74) is 0.0559. The van der Waals surface area contributed by atoms with E-state index in [4.69, 9.17) is 10.2 Å². The number of hydrogen-bond donors (Lipinski definition) is 2. The van der Waals surface area contributed by atoms with Crippen molar-refractivity contribution in [2.24, 2.45) is 0 Å². The highest BCUT2D eigenvalue weighted by atomic mass is 16.5. The summed E-state index contributed by atoms with van der Waals surface area (Å²) < 4.78 is 9.06. The van der Waals surface area contributed by atoms with Crippen molar-refractivity contribution >= 4 is 11.9 Å². The fourth-order valence-electron chi connectivity index (χ4n) is 0.581. The summed E-state index contributed by atoms with van der Waals surface area (Å²) in [5, 5.41) is 17.4. The second kappa shape index (κ2) is 7.61. The van der Waals surface area contributed by atoms with Crippen LogP contribution in [0.3, 0.4) is 0 Å². The van der Waals surface area contributed by atoms with Crippen LogP contribution in [-0.4, -0.2) is 41.5 Å². The molecule has 2 N–H and O–H groups in total. The molecule has 0 bridgehead atoms. The Labute approximate surface area is 92.8 Å². The monoisotopic (exact) mass is 230 g/mol. The molecule has 0 aromatic rings. The first-order valence-corrected chi connectivity index (χ1v) is 4.47. The molecular weight excluding hydrogens is 216 g/mol. The van der Waals surface area contributed by atoms with Gasteiger partial charge in [0.2, 0.25) is 0 Å². The number of aliphatic hydroxyl groups excluding tert-OH is 2. The van der Waals surface area contributed by atoms with Gasteiger partial charge in [0.15, 0.2) is 0 Å². The molecule has 0 aromatic heterocycles. The van der Waals surface area contributed by atoms with Crippen LogP contribution >= 0.6 is 0 Å². The number of carbonyl (C=O) groups excluding carboxylic acids is 2. The Morgan fingerprint density at radius 3 is 2.62 bits per heavy atom. The number of aliphatic hydroxyl groups is 2. The highest BCUT2D eigenvalue weighted by Crippen LogP contribution is 1.98. The standard InChI is InChI=1S/C10H14O6/c1-3-9(13)15-5-7(2)10(14)16-6-8(12)4-11/h3,5,8,11-12H,1,4,6H2,2H3. The second-order valence-electron chi connectivity index (χ2n) is 2.88. The van der Waals surface area contributed by atoms with E-state index in [2.05, 4.69) is 16.1 Å². The van der Waals surface area contributed by atoms with E-state index >= 15 is 0 Å². The lowest BCUT2D eigenvalue weighted by Crippen LogP contribution is -2.22. The van der Waals surface area contributed by atoms with Crippen molar-refractivity contribution in [3.05, 3.63) is 24.5 Å². The van der Waals surface area contributed by atoms with E-state index in [1.165, 1.54) is 6.92 Å². The van der Waals surface area contributed by atoms with Gasteiger partial charge in [-0.25, -0.2) is 9.59 Å². The highest BCUT2D eigenvalue weighted by molar-refractivity contribution is 5.88. The summed E-state index contributed by atoms with van der Waals surface area (Å²) in [6.07, 6.45) is 0.759. The third-order valence-electron chi connectivity index (χ3n) is 1.46. The van der Waals surface area contributed by atoms with Crippen LogP contribution in [0.5, 0.6) is 0 Å². The minimum atomic E-state index is -1.12. The van der Waals surface area contributed by atoms with E-state index in [1.54, 1.807) is 0 Å². The summed E-state index contributed by atoms with van der Waals surface area (Å²) in [6.45, 7) is 3.73. The molecule has 0 aliphatic carbocycles. The van der Waals surface area contributed by atoms with Crippen molar-refractivity contribution < 1.29 is 29.3 Å². The maximum atomic E-state index is 11.2. The van der Waals surface area contributed by atoms with E-state index in [0.717, 1.165) is 12.3 Å². The fraction of sp³-hybridized carbons (Fsp3) is 0.400. The van der Waals surface area contributed by atoms with Crippen molar-refractivity contribution in [1.82, 2.24) is 0 Å². The summed E-state index contributed by atoms with van der Waals surface area (Å²) in [7, 11) is 0. The van der Waals surface area contributed by atoms with Gasteiger partial charge < -0.3 is 19.7 Å². The molecule has 1 unspecified atom stereocenters. The normalized spacial score (nSPS) is 12.8. The molecule has 0 aliphatic heterocycles. The predicted octanol–water partition coefficient (Wildman–Crippen LogP) is -0.484. The van der Waals surface area contributed by atoms with Gasteiger partial charge in [0.25, 0.3) is 0 Å². The van der Waals surface area contributed by atoms with Gasteiger partial charge in [-0.15, -0.1) is 0 Å². The zero-order chi connectivity index (χ0) is 12.6. The van der Waals surface area contributed by atoms with E-state index in [-0.39, 0.29) is 12.2 Å². The van der Waals surface area contributed by atoms with Crippen LogP contribution in [0.25, 0.3) is 0 Å². The van der Waals surface area contributed by atoms with Crippen molar-refractivity contribution in [2.75, 3.05) is 13.2 Å². The van der Waals surface area contributed by atoms with E-state index < -0.39 is 24.6 Å². The Balaban J connectivity index is 4.07. The molecule has 90 valence electrons. The number of rotatable bonds is 6. The van der Waals surface area contributed by atoms with Crippen LogP contribution in [-0.2, 0) is 19.1 Å². The molecule has 0 aromatic carbocycles. The van der Waals surface area contributed by atoms with Crippen LogP contribution in [0.1, 0.15) is 6.92 Å². The number of carbonyl (C=O) groups is 2. The molecule has 0 fully saturated rings. The second-order valence-corrected chi connectivity index (χ2v) is 2.88. The van der Waals surface area contributed by atoms with Crippen molar-refractivity contribution in [2.45, 2.75) is 13.0 Å². The molecule has 16 heavy (non-hydrogen) atoms. The van der Waals surface area contributed by atoms with Crippen molar-refractivity contribution in [1.29, 1.82) is 0 Å². The molecule has 0 rings (SSSR count). The topological polar surface area (TPSA) is 93.1 Å². The van der Waals surface area contributed by atoms with Gasteiger partial charge in [0, 0.05) is 6.08 Å². The first-order valence-electron chi connectivity index (χ1n) is 4.47. The summed E-state index contributed by atoms with van der Waals surface area (Å²) in [4.78, 5) is 21.8. The lowest BCUT2D eigenvalue weighted by Gasteiger charge is -2.08. The van der Waals surface area contributed by atoms with Gasteiger partial charge in [-0.3, -0.25) is 0 Å². The van der Waals surface area contributed by atoms with Crippen LogP contribution < -0.4 is 0 Å². The Bertz CT molecular complexity index is 294. The smallest absolute Gasteiger partial charge is 0.336 e. The minimum Gasteiger partial charge on any atom is -0.459 e. The Morgan fingerprint density at radius 2 is 2.12 bits per heavy atom. The molecule has 1 atom stereocenters. The Hall–Kier alpha value is -1.66. The molecule has 0 radical (unpaired) electrons. The zero-order valence-corrected chi connectivity index (χ0v) is 8.88. The maximum absolute atomic E-state index is 11.2. The van der Waals surface area contributed by atoms with Crippen molar-refractivity contribution in [3.8, 4) is 0 Å². The van der Waals surface area contributed by atoms with E-state index in [9.17, 15) is 9.59 Å². The fourth-order valence-corrected chi connectivity index (χ4v) is 0.581. The highest BCUT2D eigenvalue weighted by Gasteiger charge is 2.10. The quantitative estimate of drug-likeness (QED) is 0.363. The summed E-state index contributed by atoms with van der Waals surface area (Å²) in [6, 6.07) is 0. The van der Waals surface area contributed by atoms with Gasteiger partial charge in [-0.05, 0) is 6.92 Å². The summed E-state index contributed by atoms with van der Waals surface area (Å²) >= 11 is 0. The minimum absolute atomic E-state index is 0.0559. The Kier molecular flexibility index (Phi) is 6.82. The Morgan fingerprint density at radius 1 is 1.50 bits per heavy atom. The van der Waals surface area contributed by atoms with E-state index in [1.807, 2.05) is 0 Å². The van der Waals surface area contributed by atoms with Gasteiger partial charge in [-0.2, -0.15) is 0 Å². The molecular formula is C10H14O6. The maximum Gasteiger partial charge on any atom is 0.336 e. The molecule has 0 spiro atoms. The molecule has 0 aliphatic rings. The van der Waals surface area contributed by atoms with Crippen LogP contribution in [0.15, 0.2) is 24.5 Å². The van der Waals surface area contributed by atoms with Crippen molar-refractivity contribution in [3.63, 3.8) is 0 Å². The third-order valence-corrected chi connectivity index (χ3v) is 1.46. The lowest BCUT2D eigenvalue weighted by molar-refractivity contribution is -0.142. The average molecular weight is 230 g/mol. The van der Waals surface area contributed by atoms with Gasteiger partial charge in [0.1, 0.15) is 19.0 Å². The SMILES string of the molecule is C=CC(=O)OC=C(C)C(=O)OCC(O)CO. The molecule has 0 heterocycles. The lowest BCUT2D eigenvalue weighted by atomic mass is 10.3. The molecule has 6 nitrogen and oxygen atoms in total. The first-order chi connectivity index (χ1) is 7.51. The van der Waals surface area contributed by atoms with Crippen LogP contribution in [0.4, 0.5) is 0 Å². The number of hydrogen-bond acceptors (Lipinski definition) is 6.